The lowest BCUT2D eigenvalue weighted by Gasteiger charge is -2.24. The maximum Gasteiger partial charge on any atom is 0.223 e. The molecule has 2 aromatic heterocycles. The summed E-state index contributed by atoms with van der Waals surface area (Å²) >= 11 is 1.77. The summed E-state index contributed by atoms with van der Waals surface area (Å²) in [5, 5.41) is 8.70. The fraction of sp³-hybridized carbons (Fsp3) is 0.467. The van der Waals surface area contributed by atoms with Crippen LogP contribution in [0.1, 0.15) is 32.1 Å². The van der Waals surface area contributed by atoms with Gasteiger partial charge in [-0.2, -0.15) is 9.97 Å². The number of aromatic nitrogens is 2. The third kappa shape index (κ3) is 4.32. The first kappa shape index (κ1) is 15.6. The molecule has 0 amide bonds. The highest BCUT2D eigenvalue weighted by Crippen LogP contribution is 2.27. The van der Waals surface area contributed by atoms with Gasteiger partial charge in [-0.1, -0.05) is 26.8 Å². The van der Waals surface area contributed by atoms with Gasteiger partial charge >= 0.3 is 0 Å². The third-order valence-electron chi connectivity index (χ3n) is 3.20. The van der Waals surface area contributed by atoms with Crippen LogP contribution >= 0.6 is 11.3 Å². The van der Waals surface area contributed by atoms with E-state index in [1.54, 1.807) is 11.3 Å². The van der Waals surface area contributed by atoms with E-state index in [1.807, 2.05) is 6.07 Å². The third-order valence-corrected chi connectivity index (χ3v) is 4.44. The van der Waals surface area contributed by atoms with E-state index < -0.39 is 0 Å². The second-order valence-corrected chi connectivity index (χ2v) is 6.59. The molecule has 0 aromatic carbocycles. The zero-order chi connectivity index (χ0) is 15.3. The molecule has 0 bridgehead atoms. The largest absolute Gasteiger partial charge is 0.370 e. The van der Waals surface area contributed by atoms with Crippen molar-refractivity contribution in [1.29, 1.82) is 0 Å². The van der Waals surface area contributed by atoms with Crippen LogP contribution in [0.25, 0.3) is 0 Å². The van der Waals surface area contributed by atoms with Crippen molar-refractivity contribution >= 4 is 28.9 Å². The van der Waals surface area contributed by atoms with Gasteiger partial charge in [-0.25, -0.2) is 0 Å². The van der Waals surface area contributed by atoms with Crippen molar-refractivity contribution in [3.05, 3.63) is 28.5 Å². The lowest BCUT2D eigenvalue weighted by Crippen LogP contribution is -2.27. The highest BCUT2D eigenvalue weighted by atomic mass is 32.1. The van der Waals surface area contributed by atoms with E-state index in [0.29, 0.717) is 0 Å². The molecule has 4 N–H and O–H groups in total. The van der Waals surface area contributed by atoms with Crippen LogP contribution in [0.3, 0.4) is 0 Å². The number of nitrogens with one attached hydrogen (secondary N) is 2. The molecule has 2 rings (SSSR count). The van der Waals surface area contributed by atoms with Crippen LogP contribution in [0.2, 0.25) is 0 Å². The Morgan fingerprint density at radius 2 is 1.95 bits per heavy atom. The molecule has 2 heterocycles. The van der Waals surface area contributed by atoms with Gasteiger partial charge in [-0.05, 0) is 17.9 Å². The molecule has 5 nitrogen and oxygen atoms in total. The molecule has 0 saturated carbocycles. The maximum atomic E-state index is 5.76. The molecule has 114 valence electrons. The Morgan fingerprint density at radius 1 is 1.24 bits per heavy atom. The lowest BCUT2D eigenvalue weighted by molar-refractivity contribution is 0.568. The second-order valence-electron chi connectivity index (χ2n) is 5.64. The number of hydrogen-bond donors (Lipinski definition) is 3. The molecule has 0 aliphatic carbocycles. The van der Waals surface area contributed by atoms with E-state index in [9.17, 15) is 0 Å². The summed E-state index contributed by atoms with van der Waals surface area (Å²) in [4.78, 5) is 9.78. The number of thiophene rings is 1. The van der Waals surface area contributed by atoms with Crippen LogP contribution in [0.5, 0.6) is 0 Å². The van der Waals surface area contributed by atoms with Gasteiger partial charge in [-0.15, -0.1) is 11.3 Å². The Bertz CT molecular complexity index is 565. The molecule has 6 heteroatoms. The normalized spacial score (nSPS) is 11.4. The van der Waals surface area contributed by atoms with Crippen molar-refractivity contribution < 1.29 is 0 Å². The first-order chi connectivity index (χ1) is 10.0. The number of nitrogens with two attached hydrogens (primary N) is 1. The molecule has 0 spiro atoms. The van der Waals surface area contributed by atoms with Crippen molar-refractivity contribution in [1.82, 2.24) is 9.97 Å². The Hall–Kier alpha value is -1.82. The summed E-state index contributed by atoms with van der Waals surface area (Å²) in [6.07, 6.45) is 1.04. The van der Waals surface area contributed by atoms with E-state index in [1.165, 1.54) is 4.88 Å². The van der Waals surface area contributed by atoms with Gasteiger partial charge in [0.1, 0.15) is 11.6 Å². The fourth-order valence-electron chi connectivity index (χ4n) is 1.96. The van der Waals surface area contributed by atoms with Gasteiger partial charge in [0.15, 0.2) is 0 Å². The minimum atomic E-state index is 0.0465. The summed E-state index contributed by atoms with van der Waals surface area (Å²) in [7, 11) is 0. The van der Waals surface area contributed by atoms with E-state index in [4.69, 9.17) is 5.73 Å². The maximum absolute atomic E-state index is 5.76. The van der Waals surface area contributed by atoms with Crippen molar-refractivity contribution in [3.63, 3.8) is 0 Å². The van der Waals surface area contributed by atoms with Gasteiger partial charge in [0.2, 0.25) is 5.95 Å². The van der Waals surface area contributed by atoms with Gasteiger partial charge in [0.05, 0.1) is 0 Å². The van der Waals surface area contributed by atoms with E-state index in [0.717, 1.165) is 31.1 Å². The second kappa shape index (κ2) is 6.76. The molecule has 0 aliphatic rings. The zero-order valence-corrected chi connectivity index (χ0v) is 13.6. The van der Waals surface area contributed by atoms with Crippen LogP contribution in [0.15, 0.2) is 23.6 Å². The molecule has 21 heavy (non-hydrogen) atoms. The van der Waals surface area contributed by atoms with Gasteiger partial charge in [-0.3, -0.25) is 0 Å². The van der Waals surface area contributed by atoms with E-state index in [2.05, 4.69) is 58.9 Å². The van der Waals surface area contributed by atoms with Crippen LogP contribution in [0, 0.1) is 0 Å². The molecule has 0 unspecified atom stereocenters. The van der Waals surface area contributed by atoms with Gasteiger partial charge < -0.3 is 16.4 Å². The quantitative estimate of drug-likeness (QED) is 0.731. The summed E-state index contributed by atoms with van der Waals surface area (Å²) in [5.41, 5.74) is 5.81. The number of nitrogen functional groups attached to an aromatic ring is 1. The van der Waals surface area contributed by atoms with Crippen molar-refractivity contribution in [3.8, 4) is 0 Å². The highest BCUT2D eigenvalue weighted by molar-refractivity contribution is 7.10. The van der Waals surface area contributed by atoms with Gasteiger partial charge in [0, 0.05) is 29.4 Å². The Balaban J connectivity index is 2.04. The number of anilines is 3. The van der Waals surface area contributed by atoms with Crippen LogP contribution < -0.4 is 16.4 Å². The van der Waals surface area contributed by atoms with Crippen LogP contribution in [-0.4, -0.2) is 23.1 Å². The predicted molar refractivity (Wildman–Crippen MR) is 91.1 cm³/mol. The SMILES string of the molecule is CCCNc1cc(NCC(C)(C)c2cccs2)nc(N)n1. The van der Waals surface area contributed by atoms with Crippen LogP contribution in [-0.2, 0) is 5.41 Å². The fourth-order valence-corrected chi connectivity index (χ4v) is 2.81. The zero-order valence-electron chi connectivity index (χ0n) is 12.8. The molecular weight excluding hydrogens is 282 g/mol. The molecule has 2 aromatic rings. The Kier molecular flexibility index (Phi) is 5.01. The summed E-state index contributed by atoms with van der Waals surface area (Å²) < 4.78 is 0. The van der Waals surface area contributed by atoms with E-state index >= 15 is 0 Å². The van der Waals surface area contributed by atoms with Crippen LogP contribution in [0.4, 0.5) is 17.6 Å². The summed E-state index contributed by atoms with van der Waals surface area (Å²) in [6, 6.07) is 6.14. The Labute approximate surface area is 130 Å². The summed E-state index contributed by atoms with van der Waals surface area (Å²) in [5.74, 6) is 1.80. The van der Waals surface area contributed by atoms with Crippen molar-refractivity contribution in [2.45, 2.75) is 32.6 Å². The topological polar surface area (TPSA) is 75.9 Å². The molecular formula is C15H23N5S. The molecule has 0 saturated heterocycles. The van der Waals surface area contributed by atoms with Crippen molar-refractivity contribution in [2.24, 2.45) is 0 Å². The number of hydrogen-bond acceptors (Lipinski definition) is 6. The smallest absolute Gasteiger partial charge is 0.223 e. The van der Waals surface area contributed by atoms with Gasteiger partial charge in [0.25, 0.3) is 0 Å². The highest BCUT2D eigenvalue weighted by Gasteiger charge is 2.21. The standard InChI is InChI=1S/C15H23N5S/c1-4-7-17-12-9-13(20-14(16)19-12)18-10-15(2,3)11-6-5-8-21-11/h5-6,8-9H,4,7,10H2,1-3H3,(H4,16,17,18,19,20). The van der Waals surface area contributed by atoms with E-state index in [-0.39, 0.29) is 11.4 Å². The molecule has 0 fully saturated rings. The average molecular weight is 305 g/mol. The predicted octanol–water partition coefficient (Wildman–Crippen LogP) is 3.33. The first-order valence-electron chi connectivity index (χ1n) is 7.17. The summed E-state index contributed by atoms with van der Waals surface area (Å²) in [6.45, 7) is 8.20. The molecule has 0 atom stereocenters. The number of rotatable bonds is 7. The minimum absolute atomic E-state index is 0.0465. The monoisotopic (exact) mass is 305 g/mol. The number of nitrogens with zero attached hydrogens (tertiary/aromatic N) is 2. The molecule has 0 aliphatic heterocycles. The molecule has 0 radical (unpaired) electrons. The lowest BCUT2D eigenvalue weighted by atomic mass is 9.91. The Morgan fingerprint density at radius 3 is 2.57 bits per heavy atom. The minimum Gasteiger partial charge on any atom is -0.370 e. The van der Waals surface area contributed by atoms with Crippen molar-refractivity contribution in [2.75, 3.05) is 29.5 Å². The average Bonchev–Trinajstić information content (AvgIpc) is 2.97. The first-order valence-corrected chi connectivity index (χ1v) is 8.05.